The topological polar surface area (TPSA) is 32.3 Å². The zero-order valence-corrected chi connectivity index (χ0v) is 6.84. The van der Waals surface area contributed by atoms with Crippen LogP contribution in [0.1, 0.15) is 12.8 Å². The molecule has 0 spiro atoms. The maximum atomic E-state index is 10.7. The Morgan fingerprint density at radius 1 is 1.55 bits per heavy atom. The molecule has 0 aliphatic carbocycles. The molecule has 0 saturated carbocycles. The molecule has 3 nitrogen and oxygen atoms in total. The van der Waals surface area contributed by atoms with Gasteiger partial charge in [-0.25, -0.2) is 0 Å². The van der Waals surface area contributed by atoms with Crippen LogP contribution in [0.2, 0.25) is 0 Å². The van der Waals surface area contributed by atoms with E-state index in [1.54, 1.807) is 4.90 Å². The normalized spacial score (nSPS) is 20.3. The van der Waals surface area contributed by atoms with Crippen molar-refractivity contribution in [2.75, 3.05) is 20.1 Å². The fourth-order valence-electron chi connectivity index (χ4n) is 1.39. The summed E-state index contributed by atoms with van der Waals surface area (Å²) in [6.45, 7) is 1.58. The van der Waals surface area contributed by atoms with E-state index in [1.165, 1.54) is 0 Å². The van der Waals surface area contributed by atoms with Gasteiger partial charge in [-0.2, -0.15) is 0 Å². The predicted octanol–water partition coefficient (Wildman–Crippen LogP) is -0.0413. The molecule has 11 heavy (non-hydrogen) atoms. The number of nitrogens with one attached hydrogen (secondary N) is 1. The van der Waals surface area contributed by atoms with Gasteiger partial charge in [0.05, 0.1) is 0 Å². The van der Waals surface area contributed by atoms with Gasteiger partial charge in [-0.1, -0.05) is 0 Å². The smallest absolute Gasteiger partial charge is 0.200 e. The summed E-state index contributed by atoms with van der Waals surface area (Å²) in [6.07, 6.45) is 2.03. The Morgan fingerprint density at radius 3 is 2.45 bits per heavy atom. The molecule has 60 valence electrons. The summed E-state index contributed by atoms with van der Waals surface area (Å²) >= 11 is 0. The number of carbonyl (C=O) groups excluding carboxylic acids is 1. The standard InChI is InChI=1S/C7H13BN2O/c1-9-6-2-4-10(5-3-6)7(8)11/h6,9H,2-5H2,1H3. The molecule has 0 atom stereocenters. The number of amides is 1. The lowest BCUT2D eigenvalue weighted by molar-refractivity contribution is 0.200. The van der Waals surface area contributed by atoms with Crippen LogP contribution in [0, 0.1) is 0 Å². The van der Waals surface area contributed by atoms with Crippen molar-refractivity contribution >= 4 is 13.7 Å². The molecule has 1 N–H and O–H groups in total. The maximum absolute atomic E-state index is 10.7. The Hall–Kier alpha value is -0.505. The molecule has 0 bridgehead atoms. The Balaban J connectivity index is 2.30. The largest absolute Gasteiger partial charge is 0.352 e. The van der Waals surface area contributed by atoms with Crippen LogP contribution >= 0.6 is 0 Å². The highest BCUT2D eigenvalue weighted by Gasteiger charge is 2.18. The zero-order chi connectivity index (χ0) is 8.27. The highest BCUT2D eigenvalue weighted by Crippen LogP contribution is 2.09. The van der Waals surface area contributed by atoms with Crippen molar-refractivity contribution < 1.29 is 4.79 Å². The van der Waals surface area contributed by atoms with E-state index < -0.39 is 0 Å². The van der Waals surface area contributed by atoms with Gasteiger partial charge in [0.25, 0.3) is 0 Å². The second-order valence-electron chi connectivity index (χ2n) is 2.89. The molecule has 0 unspecified atom stereocenters. The average Bonchev–Trinajstić information content (AvgIpc) is 2.05. The van der Waals surface area contributed by atoms with E-state index in [4.69, 9.17) is 7.85 Å². The zero-order valence-electron chi connectivity index (χ0n) is 6.84. The van der Waals surface area contributed by atoms with Crippen molar-refractivity contribution in [1.29, 1.82) is 0 Å². The van der Waals surface area contributed by atoms with Crippen LogP contribution in [-0.2, 0) is 0 Å². The minimum Gasteiger partial charge on any atom is -0.352 e. The van der Waals surface area contributed by atoms with Crippen molar-refractivity contribution in [2.45, 2.75) is 18.9 Å². The van der Waals surface area contributed by atoms with E-state index in [1.807, 2.05) is 7.05 Å². The summed E-state index contributed by atoms with van der Waals surface area (Å²) in [5.74, 6) is -0.292. The summed E-state index contributed by atoms with van der Waals surface area (Å²) < 4.78 is 0. The van der Waals surface area contributed by atoms with Crippen LogP contribution in [0.3, 0.4) is 0 Å². The van der Waals surface area contributed by atoms with Crippen LogP contribution in [-0.4, -0.2) is 44.7 Å². The second kappa shape index (κ2) is 3.76. The van der Waals surface area contributed by atoms with Crippen LogP contribution in [0.15, 0.2) is 0 Å². The molecule has 0 aromatic carbocycles. The van der Waals surface area contributed by atoms with Gasteiger partial charge in [0.15, 0.2) is 5.81 Å². The Labute approximate surface area is 68.5 Å². The molecule has 1 fully saturated rings. The first-order valence-electron chi connectivity index (χ1n) is 3.95. The lowest BCUT2D eigenvalue weighted by Crippen LogP contribution is -2.43. The molecule has 2 radical (unpaired) electrons. The van der Waals surface area contributed by atoms with Gasteiger partial charge in [-0.05, 0) is 19.9 Å². The molecule has 1 heterocycles. The minimum absolute atomic E-state index is 0.292. The average molecular weight is 152 g/mol. The van der Waals surface area contributed by atoms with E-state index in [0.717, 1.165) is 25.9 Å². The third-order valence-electron chi connectivity index (χ3n) is 2.21. The van der Waals surface area contributed by atoms with Crippen LogP contribution < -0.4 is 5.32 Å². The van der Waals surface area contributed by atoms with Crippen molar-refractivity contribution in [3.05, 3.63) is 0 Å². The lowest BCUT2D eigenvalue weighted by atomic mass is 10.0. The van der Waals surface area contributed by atoms with Crippen LogP contribution in [0.4, 0.5) is 4.79 Å². The number of hydrogen-bond acceptors (Lipinski definition) is 2. The van der Waals surface area contributed by atoms with Gasteiger partial charge in [-0.15, -0.1) is 0 Å². The van der Waals surface area contributed by atoms with Crippen molar-refractivity contribution in [1.82, 2.24) is 10.2 Å². The van der Waals surface area contributed by atoms with Crippen molar-refractivity contribution in [2.24, 2.45) is 0 Å². The fourth-order valence-corrected chi connectivity index (χ4v) is 1.39. The number of piperidine rings is 1. The van der Waals surface area contributed by atoms with Crippen LogP contribution in [0.25, 0.3) is 0 Å². The summed E-state index contributed by atoms with van der Waals surface area (Å²) in [5, 5.41) is 3.18. The molecule has 0 aromatic rings. The quantitative estimate of drug-likeness (QED) is 0.534. The van der Waals surface area contributed by atoms with Crippen molar-refractivity contribution in [3.63, 3.8) is 0 Å². The number of hydrogen-bond donors (Lipinski definition) is 1. The number of carbonyl (C=O) groups is 1. The predicted molar refractivity (Wildman–Crippen MR) is 44.8 cm³/mol. The molecular formula is C7H13BN2O. The molecule has 4 heteroatoms. The minimum atomic E-state index is -0.292. The molecule has 1 amide bonds. The van der Waals surface area contributed by atoms with Gasteiger partial charge < -0.3 is 10.2 Å². The summed E-state index contributed by atoms with van der Waals surface area (Å²) in [6, 6.07) is 0.561. The molecule has 1 aliphatic heterocycles. The van der Waals surface area contributed by atoms with E-state index in [2.05, 4.69) is 5.32 Å². The highest BCUT2D eigenvalue weighted by atomic mass is 16.1. The summed E-state index contributed by atoms with van der Waals surface area (Å²) in [7, 11) is 7.07. The van der Waals surface area contributed by atoms with Gasteiger partial charge >= 0.3 is 0 Å². The first kappa shape index (κ1) is 8.59. The molecule has 0 aromatic heterocycles. The fraction of sp³-hybridized carbons (Fsp3) is 0.857. The molecule has 1 saturated heterocycles. The highest BCUT2D eigenvalue weighted by molar-refractivity contribution is 6.56. The third kappa shape index (κ3) is 2.22. The summed E-state index contributed by atoms with van der Waals surface area (Å²) in [4.78, 5) is 12.4. The first-order chi connectivity index (χ1) is 5.24. The first-order valence-corrected chi connectivity index (χ1v) is 3.95. The van der Waals surface area contributed by atoms with Gasteiger partial charge in [-0.3, -0.25) is 4.79 Å². The monoisotopic (exact) mass is 152 g/mol. The van der Waals surface area contributed by atoms with E-state index in [0.29, 0.717) is 6.04 Å². The molecule has 1 rings (SSSR count). The summed E-state index contributed by atoms with van der Waals surface area (Å²) in [5.41, 5.74) is 0. The Morgan fingerprint density at radius 2 is 2.09 bits per heavy atom. The SMILES string of the molecule is [B]C(=O)N1CCC(NC)CC1. The van der Waals surface area contributed by atoms with E-state index in [-0.39, 0.29) is 5.81 Å². The van der Waals surface area contributed by atoms with Gasteiger partial charge in [0.1, 0.15) is 0 Å². The van der Waals surface area contributed by atoms with E-state index in [9.17, 15) is 4.79 Å². The molecule has 1 aliphatic rings. The Bertz CT molecular complexity index is 143. The second-order valence-corrected chi connectivity index (χ2v) is 2.89. The number of likely N-dealkylation sites (tertiary alicyclic amines) is 1. The van der Waals surface area contributed by atoms with Gasteiger partial charge in [0.2, 0.25) is 7.85 Å². The van der Waals surface area contributed by atoms with Crippen molar-refractivity contribution in [3.8, 4) is 0 Å². The lowest BCUT2D eigenvalue weighted by Gasteiger charge is -2.31. The van der Waals surface area contributed by atoms with E-state index >= 15 is 0 Å². The molecular weight excluding hydrogens is 139 g/mol. The number of nitrogens with zero attached hydrogens (tertiary/aromatic N) is 1. The Kier molecular flexibility index (Phi) is 2.94. The maximum Gasteiger partial charge on any atom is 0.200 e. The van der Waals surface area contributed by atoms with Gasteiger partial charge in [0, 0.05) is 19.1 Å². The number of rotatable bonds is 1. The van der Waals surface area contributed by atoms with Crippen LogP contribution in [0.5, 0.6) is 0 Å². The third-order valence-corrected chi connectivity index (χ3v) is 2.21.